The van der Waals surface area contributed by atoms with E-state index in [4.69, 9.17) is 4.74 Å². The van der Waals surface area contributed by atoms with Crippen molar-refractivity contribution in [2.45, 2.75) is 51.4 Å². The average Bonchev–Trinajstić information content (AvgIpc) is 2.83. The van der Waals surface area contributed by atoms with Crippen molar-refractivity contribution in [3.8, 4) is 0 Å². The number of aryl methyl sites for hydroxylation is 1. The quantitative estimate of drug-likeness (QED) is 0.871. The molecule has 0 saturated carbocycles. The molecule has 0 aromatic heterocycles. The van der Waals surface area contributed by atoms with Gasteiger partial charge in [-0.25, -0.2) is 0 Å². The number of rotatable bonds is 6. The maximum absolute atomic E-state index is 5.93. The summed E-state index contributed by atoms with van der Waals surface area (Å²) in [5, 5.41) is 3.66. The van der Waals surface area contributed by atoms with Crippen LogP contribution in [-0.4, -0.2) is 43.3 Å². The third-order valence-electron chi connectivity index (χ3n) is 4.87. The zero-order valence-electron chi connectivity index (χ0n) is 13.3. The molecule has 0 aliphatic carbocycles. The first kappa shape index (κ1) is 15.0. The van der Waals surface area contributed by atoms with Crippen LogP contribution in [0.15, 0.2) is 24.3 Å². The Morgan fingerprint density at radius 1 is 1.24 bits per heavy atom. The first-order chi connectivity index (χ1) is 10.3. The molecule has 2 heterocycles. The van der Waals surface area contributed by atoms with Crippen LogP contribution in [0.25, 0.3) is 0 Å². The first-order valence-electron chi connectivity index (χ1n) is 8.43. The number of fused-ring (bicyclic) bond motifs is 2. The molecule has 21 heavy (non-hydrogen) atoms. The van der Waals surface area contributed by atoms with Crippen molar-refractivity contribution in [2.75, 3.05) is 26.2 Å². The van der Waals surface area contributed by atoms with Gasteiger partial charge in [0.2, 0.25) is 0 Å². The molecule has 1 N–H and O–H groups in total. The zero-order valence-corrected chi connectivity index (χ0v) is 13.3. The van der Waals surface area contributed by atoms with E-state index in [0.717, 1.165) is 19.6 Å². The molecule has 2 aliphatic heterocycles. The van der Waals surface area contributed by atoms with Crippen LogP contribution in [0.2, 0.25) is 0 Å². The van der Waals surface area contributed by atoms with E-state index in [-0.39, 0.29) is 0 Å². The van der Waals surface area contributed by atoms with Gasteiger partial charge in [0.25, 0.3) is 0 Å². The molecule has 0 amide bonds. The van der Waals surface area contributed by atoms with Gasteiger partial charge < -0.3 is 10.1 Å². The van der Waals surface area contributed by atoms with Crippen molar-refractivity contribution in [2.24, 2.45) is 0 Å². The fourth-order valence-corrected chi connectivity index (χ4v) is 3.79. The molecule has 0 radical (unpaired) electrons. The van der Waals surface area contributed by atoms with Gasteiger partial charge in [0, 0.05) is 25.7 Å². The lowest BCUT2D eigenvalue weighted by Gasteiger charge is -2.33. The number of ether oxygens (including phenoxy) is 1. The standard InChI is InChI=1S/C18H28N2O/c1-3-19-18(17-7-5-4-6-14(17)2)10-11-20-12-15-8-9-16(13-20)21-15/h4-7,15-16,18-19H,3,8-13H2,1-2H3. The minimum absolute atomic E-state index is 0.469. The van der Waals surface area contributed by atoms with Crippen molar-refractivity contribution < 1.29 is 4.74 Å². The lowest BCUT2D eigenvalue weighted by atomic mass is 9.98. The SMILES string of the molecule is CCNC(CCN1CC2CCC(C1)O2)c1ccccc1C. The maximum Gasteiger partial charge on any atom is 0.0707 e. The number of morpholine rings is 1. The number of likely N-dealkylation sites (tertiary alicyclic amines) is 1. The van der Waals surface area contributed by atoms with Crippen LogP contribution in [-0.2, 0) is 4.74 Å². The van der Waals surface area contributed by atoms with Crippen LogP contribution in [0.3, 0.4) is 0 Å². The summed E-state index contributed by atoms with van der Waals surface area (Å²) in [6.45, 7) is 8.86. The summed E-state index contributed by atoms with van der Waals surface area (Å²) in [5.74, 6) is 0. The second kappa shape index (κ2) is 6.91. The smallest absolute Gasteiger partial charge is 0.0707 e. The van der Waals surface area contributed by atoms with Crippen LogP contribution >= 0.6 is 0 Å². The van der Waals surface area contributed by atoms with Crippen LogP contribution in [0.5, 0.6) is 0 Å². The number of nitrogens with one attached hydrogen (secondary N) is 1. The van der Waals surface area contributed by atoms with Gasteiger partial charge in [0.05, 0.1) is 12.2 Å². The molecule has 2 saturated heterocycles. The Balaban J connectivity index is 1.59. The maximum atomic E-state index is 5.93. The highest BCUT2D eigenvalue weighted by molar-refractivity contribution is 5.28. The lowest BCUT2D eigenvalue weighted by molar-refractivity contribution is -0.0390. The first-order valence-corrected chi connectivity index (χ1v) is 8.43. The Kier molecular flexibility index (Phi) is 4.94. The summed E-state index contributed by atoms with van der Waals surface area (Å²) >= 11 is 0. The highest BCUT2D eigenvalue weighted by atomic mass is 16.5. The van der Waals surface area contributed by atoms with Crippen LogP contribution in [0.1, 0.15) is 43.4 Å². The highest BCUT2D eigenvalue weighted by Gasteiger charge is 2.33. The van der Waals surface area contributed by atoms with E-state index in [1.807, 2.05) is 0 Å². The summed E-state index contributed by atoms with van der Waals surface area (Å²) in [6.07, 6.45) is 4.70. The van der Waals surface area contributed by atoms with E-state index in [0.29, 0.717) is 18.2 Å². The summed E-state index contributed by atoms with van der Waals surface area (Å²) in [4.78, 5) is 2.61. The summed E-state index contributed by atoms with van der Waals surface area (Å²) in [5.41, 5.74) is 2.85. The van der Waals surface area contributed by atoms with Crippen LogP contribution in [0.4, 0.5) is 0 Å². The molecule has 2 bridgehead atoms. The molecule has 2 aliphatic rings. The van der Waals surface area contributed by atoms with E-state index >= 15 is 0 Å². The molecule has 2 fully saturated rings. The molecule has 116 valence electrons. The number of hydrogen-bond acceptors (Lipinski definition) is 3. The molecule has 3 nitrogen and oxygen atoms in total. The minimum atomic E-state index is 0.469. The van der Waals surface area contributed by atoms with Gasteiger partial charge in [-0.1, -0.05) is 31.2 Å². The predicted molar refractivity (Wildman–Crippen MR) is 86.5 cm³/mol. The zero-order chi connectivity index (χ0) is 14.7. The van der Waals surface area contributed by atoms with E-state index in [1.54, 1.807) is 0 Å². The van der Waals surface area contributed by atoms with Crippen molar-refractivity contribution in [3.63, 3.8) is 0 Å². The molecule has 0 spiro atoms. The number of nitrogens with zero attached hydrogens (tertiary/aromatic N) is 1. The van der Waals surface area contributed by atoms with Gasteiger partial charge in [0.1, 0.15) is 0 Å². The lowest BCUT2D eigenvalue weighted by Crippen LogP contribution is -2.43. The molecule has 3 atom stereocenters. The Morgan fingerprint density at radius 2 is 1.95 bits per heavy atom. The number of hydrogen-bond donors (Lipinski definition) is 1. The average molecular weight is 288 g/mol. The topological polar surface area (TPSA) is 24.5 Å². The fourth-order valence-electron chi connectivity index (χ4n) is 3.79. The van der Waals surface area contributed by atoms with Gasteiger partial charge in [-0.15, -0.1) is 0 Å². The predicted octanol–water partition coefficient (Wildman–Crippen LogP) is 2.90. The largest absolute Gasteiger partial charge is 0.372 e. The fraction of sp³-hybridized carbons (Fsp3) is 0.667. The molecule has 1 aromatic carbocycles. The summed E-state index contributed by atoms with van der Waals surface area (Å²) < 4.78 is 5.93. The van der Waals surface area contributed by atoms with Gasteiger partial charge in [0.15, 0.2) is 0 Å². The van der Waals surface area contributed by atoms with Gasteiger partial charge in [-0.05, 0) is 43.9 Å². The third-order valence-corrected chi connectivity index (χ3v) is 4.87. The summed E-state index contributed by atoms with van der Waals surface area (Å²) in [7, 11) is 0. The normalized spacial score (nSPS) is 27.0. The molecule has 1 aromatic rings. The van der Waals surface area contributed by atoms with Gasteiger partial charge in [-0.2, -0.15) is 0 Å². The Labute approximate surface area is 128 Å². The Bertz CT molecular complexity index is 450. The minimum Gasteiger partial charge on any atom is -0.372 e. The van der Waals surface area contributed by atoms with Gasteiger partial charge >= 0.3 is 0 Å². The van der Waals surface area contributed by atoms with Crippen molar-refractivity contribution >= 4 is 0 Å². The molecular formula is C18H28N2O. The second-order valence-corrected chi connectivity index (χ2v) is 6.47. The van der Waals surface area contributed by atoms with E-state index in [2.05, 4.69) is 48.3 Å². The molecule has 3 unspecified atom stereocenters. The monoisotopic (exact) mass is 288 g/mol. The van der Waals surface area contributed by atoms with Crippen molar-refractivity contribution in [1.29, 1.82) is 0 Å². The van der Waals surface area contributed by atoms with Crippen LogP contribution in [0, 0.1) is 6.92 Å². The van der Waals surface area contributed by atoms with E-state index in [1.165, 1.54) is 36.9 Å². The highest BCUT2D eigenvalue weighted by Crippen LogP contribution is 2.27. The number of benzene rings is 1. The third kappa shape index (κ3) is 3.65. The summed E-state index contributed by atoms with van der Waals surface area (Å²) in [6, 6.07) is 9.24. The van der Waals surface area contributed by atoms with Gasteiger partial charge in [-0.3, -0.25) is 4.90 Å². The Morgan fingerprint density at radius 3 is 2.62 bits per heavy atom. The molecule has 3 heteroatoms. The van der Waals surface area contributed by atoms with Crippen molar-refractivity contribution in [1.82, 2.24) is 10.2 Å². The Hall–Kier alpha value is -0.900. The van der Waals surface area contributed by atoms with Crippen LogP contribution < -0.4 is 5.32 Å². The molecular weight excluding hydrogens is 260 g/mol. The van der Waals surface area contributed by atoms with E-state index in [9.17, 15) is 0 Å². The molecule has 3 rings (SSSR count). The van der Waals surface area contributed by atoms with E-state index < -0.39 is 0 Å². The second-order valence-electron chi connectivity index (χ2n) is 6.47. The van der Waals surface area contributed by atoms with Crippen molar-refractivity contribution in [3.05, 3.63) is 35.4 Å².